The Labute approximate surface area is 165 Å². The maximum absolute atomic E-state index is 13.0. The quantitative estimate of drug-likeness (QED) is 0.524. The molecule has 0 aliphatic carbocycles. The Morgan fingerprint density at radius 2 is 2.10 bits per heavy atom. The molecular weight excluding hydrogens is 399 g/mol. The van der Waals surface area contributed by atoms with E-state index in [1.54, 1.807) is 4.57 Å². The van der Waals surface area contributed by atoms with Gasteiger partial charge in [0, 0.05) is 6.54 Å². The summed E-state index contributed by atoms with van der Waals surface area (Å²) in [5, 5.41) is 13.6. The van der Waals surface area contributed by atoms with E-state index in [1.165, 1.54) is 12.7 Å². The number of nitrogens with one attached hydrogen (secondary N) is 1. The number of nitrogen functional groups attached to an aromatic ring is 1. The van der Waals surface area contributed by atoms with Crippen molar-refractivity contribution >= 4 is 24.7 Å². The smallest absolute Gasteiger partial charge is 0.386 e. The summed E-state index contributed by atoms with van der Waals surface area (Å²) in [5.74, 6) is 0.229. The predicted molar refractivity (Wildman–Crippen MR) is 101 cm³/mol. The molecule has 29 heavy (non-hydrogen) atoms. The molecule has 2 aliphatic rings. The van der Waals surface area contributed by atoms with Crippen molar-refractivity contribution in [1.29, 1.82) is 0 Å². The van der Waals surface area contributed by atoms with Crippen LogP contribution in [-0.4, -0.2) is 49.5 Å². The number of hydrogen-bond donors (Lipinski definition) is 3. The Hall–Kier alpha value is -2.40. The molecule has 0 amide bonds. The number of aliphatic hydroxyl groups excluding tert-OH is 1. The normalized spacial score (nSPS) is 31.8. The minimum absolute atomic E-state index is 0.0149. The van der Waals surface area contributed by atoms with Gasteiger partial charge in [-0.2, -0.15) is 0 Å². The van der Waals surface area contributed by atoms with Crippen LogP contribution < -0.4 is 10.8 Å². The standard InChI is InChI=1S/C17H19N6O5P/c18-15-12-16(20-8-19-15)23(9-21-12)17-13(24)14-11(27-17)7-26-29(25,28-14)22-6-10-4-2-1-3-5-10/h1-5,8-9,11,13-14,17,24H,6-7H2,(H,22,25)(H2,18,19,20)/t11-,13-,14-,17-,29+/m1/s1. The van der Waals surface area contributed by atoms with E-state index in [9.17, 15) is 9.67 Å². The zero-order chi connectivity index (χ0) is 20.0. The first kappa shape index (κ1) is 18.6. The van der Waals surface area contributed by atoms with Gasteiger partial charge in [0.2, 0.25) is 0 Å². The third kappa shape index (κ3) is 3.31. The summed E-state index contributed by atoms with van der Waals surface area (Å²) in [6.45, 7) is 0.319. The summed E-state index contributed by atoms with van der Waals surface area (Å²) in [5.41, 5.74) is 7.58. The molecule has 4 heterocycles. The molecule has 11 nitrogen and oxygen atoms in total. The lowest BCUT2D eigenvalue weighted by atomic mass is 10.1. The van der Waals surface area contributed by atoms with Crippen molar-refractivity contribution in [2.45, 2.75) is 31.1 Å². The first-order valence-electron chi connectivity index (χ1n) is 9.03. The van der Waals surface area contributed by atoms with Crippen LogP contribution in [-0.2, 0) is 24.9 Å². The Morgan fingerprint density at radius 1 is 1.28 bits per heavy atom. The van der Waals surface area contributed by atoms with Gasteiger partial charge in [-0.15, -0.1) is 0 Å². The highest BCUT2D eigenvalue weighted by atomic mass is 31.2. The molecule has 1 aromatic carbocycles. The molecule has 2 aromatic heterocycles. The van der Waals surface area contributed by atoms with Gasteiger partial charge in [0.15, 0.2) is 17.7 Å². The first-order valence-corrected chi connectivity index (χ1v) is 10.6. The van der Waals surface area contributed by atoms with Crippen molar-refractivity contribution < 1.29 is 23.5 Å². The van der Waals surface area contributed by atoms with Gasteiger partial charge in [-0.3, -0.25) is 13.6 Å². The number of hydrogen-bond acceptors (Lipinski definition) is 9. The van der Waals surface area contributed by atoms with Crippen LogP contribution in [0.4, 0.5) is 5.82 Å². The molecular formula is C17H19N6O5P. The van der Waals surface area contributed by atoms with Gasteiger partial charge in [-0.05, 0) is 5.56 Å². The van der Waals surface area contributed by atoms with Gasteiger partial charge >= 0.3 is 7.75 Å². The van der Waals surface area contributed by atoms with Crippen LogP contribution in [0.15, 0.2) is 43.0 Å². The van der Waals surface area contributed by atoms with E-state index in [0.29, 0.717) is 17.7 Å². The molecule has 2 aliphatic heterocycles. The molecule has 2 saturated heterocycles. The van der Waals surface area contributed by atoms with Crippen molar-refractivity contribution in [1.82, 2.24) is 24.6 Å². The summed E-state index contributed by atoms with van der Waals surface area (Å²) >= 11 is 0. The molecule has 12 heteroatoms. The number of aliphatic hydroxyl groups is 1. The number of imidazole rings is 1. The molecule has 2 fully saturated rings. The number of aromatic nitrogens is 4. The Kier molecular flexibility index (Phi) is 4.58. The molecule has 5 rings (SSSR count). The number of nitrogens with two attached hydrogens (primary N) is 1. The van der Waals surface area contributed by atoms with E-state index in [1.807, 2.05) is 30.3 Å². The zero-order valence-corrected chi connectivity index (χ0v) is 16.1. The fraction of sp³-hybridized carbons (Fsp3) is 0.353. The van der Waals surface area contributed by atoms with Crippen LogP contribution in [0.3, 0.4) is 0 Å². The fourth-order valence-electron chi connectivity index (χ4n) is 3.50. The third-order valence-electron chi connectivity index (χ3n) is 4.96. The number of anilines is 1. The topological polar surface area (TPSA) is 147 Å². The molecule has 0 unspecified atom stereocenters. The maximum atomic E-state index is 13.0. The number of benzene rings is 1. The Bertz CT molecular complexity index is 1080. The molecule has 4 N–H and O–H groups in total. The van der Waals surface area contributed by atoms with E-state index in [0.717, 1.165) is 5.56 Å². The number of nitrogens with zero attached hydrogens (tertiary/aromatic N) is 4. The lowest BCUT2D eigenvalue weighted by Gasteiger charge is -2.31. The predicted octanol–water partition coefficient (Wildman–Crippen LogP) is 0.980. The van der Waals surface area contributed by atoms with Gasteiger partial charge in [0.1, 0.15) is 30.2 Å². The zero-order valence-electron chi connectivity index (χ0n) is 15.2. The summed E-state index contributed by atoms with van der Waals surface area (Å²) < 4.78 is 31.5. The van der Waals surface area contributed by atoms with Crippen molar-refractivity contribution in [2.24, 2.45) is 0 Å². The lowest BCUT2D eigenvalue weighted by Crippen LogP contribution is -2.41. The van der Waals surface area contributed by atoms with E-state index >= 15 is 0 Å². The molecule has 152 valence electrons. The molecule has 5 atom stereocenters. The monoisotopic (exact) mass is 418 g/mol. The minimum atomic E-state index is -3.61. The highest BCUT2D eigenvalue weighted by molar-refractivity contribution is 7.51. The summed E-state index contributed by atoms with van der Waals surface area (Å²) in [7, 11) is -3.61. The van der Waals surface area contributed by atoms with Gasteiger partial charge in [-0.1, -0.05) is 30.3 Å². The molecule has 0 saturated carbocycles. The second-order valence-electron chi connectivity index (χ2n) is 6.82. The largest absolute Gasteiger partial charge is 0.406 e. The van der Waals surface area contributed by atoms with Crippen molar-refractivity contribution in [2.75, 3.05) is 12.3 Å². The third-order valence-corrected chi connectivity index (χ3v) is 6.51. The SMILES string of the molecule is Nc1ncnc2c1ncn2[C@@H]1O[C@@H]2CO[P@@](=O)(NCc3ccccc3)O[C@H]2[C@H]1O. The van der Waals surface area contributed by atoms with Crippen molar-refractivity contribution in [3.05, 3.63) is 48.5 Å². The molecule has 3 aromatic rings. The van der Waals surface area contributed by atoms with Crippen LogP contribution in [0.25, 0.3) is 11.2 Å². The number of rotatable bonds is 4. The van der Waals surface area contributed by atoms with Crippen LogP contribution >= 0.6 is 7.75 Å². The Balaban J connectivity index is 1.34. The highest BCUT2D eigenvalue weighted by Gasteiger charge is 2.52. The van der Waals surface area contributed by atoms with Crippen LogP contribution in [0.2, 0.25) is 0 Å². The average molecular weight is 418 g/mol. The van der Waals surface area contributed by atoms with E-state index in [-0.39, 0.29) is 12.4 Å². The maximum Gasteiger partial charge on any atom is 0.406 e. The van der Waals surface area contributed by atoms with Crippen LogP contribution in [0.1, 0.15) is 11.8 Å². The van der Waals surface area contributed by atoms with Crippen molar-refractivity contribution in [3.63, 3.8) is 0 Å². The minimum Gasteiger partial charge on any atom is -0.386 e. The second kappa shape index (κ2) is 7.13. The lowest BCUT2D eigenvalue weighted by molar-refractivity contribution is -0.0596. The molecule has 0 spiro atoms. The average Bonchev–Trinajstić information content (AvgIpc) is 3.30. The number of fused-ring (bicyclic) bond motifs is 2. The van der Waals surface area contributed by atoms with Crippen LogP contribution in [0.5, 0.6) is 0 Å². The summed E-state index contributed by atoms with van der Waals surface area (Å²) in [4.78, 5) is 12.3. The summed E-state index contributed by atoms with van der Waals surface area (Å²) in [6, 6.07) is 9.46. The van der Waals surface area contributed by atoms with Gasteiger partial charge in [0.25, 0.3) is 0 Å². The van der Waals surface area contributed by atoms with Crippen LogP contribution in [0, 0.1) is 0 Å². The van der Waals surface area contributed by atoms with Crippen molar-refractivity contribution in [3.8, 4) is 0 Å². The van der Waals surface area contributed by atoms with Gasteiger partial charge < -0.3 is 15.6 Å². The summed E-state index contributed by atoms with van der Waals surface area (Å²) in [6.07, 6.45) is -0.592. The van der Waals surface area contributed by atoms with Gasteiger partial charge in [-0.25, -0.2) is 24.6 Å². The molecule has 0 bridgehead atoms. The highest BCUT2D eigenvalue weighted by Crippen LogP contribution is 2.53. The second-order valence-corrected chi connectivity index (χ2v) is 8.60. The van der Waals surface area contributed by atoms with E-state index < -0.39 is 32.3 Å². The molecule has 0 radical (unpaired) electrons. The Morgan fingerprint density at radius 3 is 2.93 bits per heavy atom. The van der Waals surface area contributed by atoms with Gasteiger partial charge in [0.05, 0.1) is 12.9 Å². The van der Waals surface area contributed by atoms with E-state index in [4.69, 9.17) is 19.5 Å². The fourth-order valence-corrected chi connectivity index (χ4v) is 5.03. The van der Waals surface area contributed by atoms with E-state index in [2.05, 4.69) is 20.0 Å². The number of ether oxygens (including phenoxy) is 1. The first-order chi connectivity index (χ1) is 14.0.